The first kappa shape index (κ1) is 19.6. The van der Waals surface area contributed by atoms with Crippen molar-refractivity contribution in [3.05, 3.63) is 125 Å². The fraction of sp³-hybridized carbons (Fsp3) is 0.111. The quantitative estimate of drug-likeness (QED) is 0.366. The molecule has 3 heteroatoms. The van der Waals surface area contributed by atoms with E-state index in [0.29, 0.717) is 0 Å². The molecule has 4 aromatic rings. The van der Waals surface area contributed by atoms with Gasteiger partial charge in [-0.1, -0.05) is 73.7 Å². The fourth-order valence-corrected chi connectivity index (χ4v) is 4.41. The first-order valence-corrected chi connectivity index (χ1v) is 9.95. The lowest BCUT2D eigenvalue weighted by molar-refractivity contribution is 0.467. The van der Waals surface area contributed by atoms with Crippen LogP contribution >= 0.6 is 0 Å². The van der Waals surface area contributed by atoms with Gasteiger partial charge in [-0.25, -0.2) is 0 Å². The zero-order chi connectivity index (χ0) is 21.1. The van der Waals surface area contributed by atoms with Crippen LogP contribution in [0.4, 0.5) is 0 Å². The third-order valence-corrected chi connectivity index (χ3v) is 5.92. The van der Waals surface area contributed by atoms with E-state index in [4.69, 9.17) is 0 Å². The van der Waals surface area contributed by atoms with Gasteiger partial charge in [-0.05, 0) is 64.6 Å². The van der Waals surface area contributed by atoms with Crippen LogP contribution in [-0.4, -0.2) is 15.3 Å². The summed E-state index contributed by atoms with van der Waals surface area (Å²) in [5.74, 6) is 0.632. The van der Waals surface area contributed by atoms with Crippen LogP contribution in [0.5, 0.6) is 17.2 Å². The van der Waals surface area contributed by atoms with Crippen LogP contribution in [0.3, 0.4) is 0 Å². The number of hydrogen-bond donors (Lipinski definition) is 3. The highest BCUT2D eigenvalue weighted by Gasteiger charge is 2.42. The van der Waals surface area contributed by atoms with E-state index in [-0.39, 0.29) is 23.2 Å². The Balaban J connectivity index is 2.06. The lowest BCUT2D eigenvalue weighted by Gasteiger charge is -2.41. The van der Waals surface area contributed by atoms with E-state index in [1.54, 1.807) is 36.4 Å². The zero-order valence-corrected chi connectivity index (χ0v) is 16.7. The summed E-state index contributed by atoms with van der Waals surface area (Å²) in [4.78, 5) is 0. The second-order valence-electron chi connectivity index (χ2n) is 7.58. The lowest BCUT2D eigenvalue weighted by atomic mass is 9.60. The molecule has 3 nitrogen and oxygen atoms in total. The molecule has 30 heavy (non-hydrogen) atoms. The number of phenolic OH excluding ortho intramolecular Hbond substituents is 3. The highest BCUT2D eigenvalue weighted by Crippen LogP contribution is 2.50. The molecule has 150 valence electrons. The predicted molar refractivity (Wildman–Crippen MR) is 119 cm³/mol. The SMILES string of the molecule is CC(c1ccc(O)cc1)C(c1ccccc1)(c1ccc(O)cc1)c1ccc(O)cc1. The van der Waals surface area contributed by atoms with E-state index in [2.05, 4.69) is 19.1 Å². The van der Waals surface area contributed by atoms with E-state index in [0.717, 1.165) is 22.3 Å². The van der Waals surface area contributed by atoms with E-state index >= 15 is 0 Å². The minimum Gasteiger partial charge on any atom is -0.508 e. The smallest absolute Gasteiger partial charge is 0.115 e. The molecule has 4 aromatic carbocycles. The van der Waals surface area contributed by atoms with Gasteiger partial charge in [-0.3, -0.25) is 0 Å². The molecule has 0 amide bonds. The number of phenols is 3. The third kappa shape index (κ3) is 3.39. The lowest BCUT2D eigenvalue weighted by Crippen LogP contribution is -2.35. The summed E-state index contributed by atoms with van der Waals surface area (Å²) in [6.07, 6.45) is 0. The largest absolute Gasteiger partial charge is 0.508 e. The van der Waals surface area contributed by atoms with Crippen LogP contribution in [0.25, 0.3) is 0 Å². The molecule has 0 radical (unpaired) electrons. The van der Waals surface area contributed by atoms with Crippen molar-refractivity contribution in [1.82, 2.24) is 0 Å². The van der Waals surface area contributed by atoms with Crippen LogP contribution < -0.4 is 0 Å². The zero-order valence-electron chi connectivity index (χ0n) is 16.7. The number of benzene rings is 4. The van der Waals surface area contributed by atoms with E-state index in [1.807, 2.05) is 54.6 Å². The minimum absolute atomic E-state index is 0.0189. The fourth-order valence-electron chi connectivity index (χ4n) is 4.41. The minimum atomic E-state index is -0.584. The Morgan fingerprint density at radius 1 is 0.500 bits per heavy atom. The predicted octanol–water partition coefficient (Wildman–Crippen LogP) is 5.94. The monoisotopic (exact) mass is 396 g/mol. The molecule has 0 aliphatic heterocycles. The topological polar surface area (TPSA) is 60.7 Å². The molecular formula is C27H24O3. The van der Waals surface area contributed by atoms with Crippen molar-refractivity contribution in [1.29, 1.82) is 0 Å². The van der Waals surface area contributed by atoms with Crippen molar-refractivity contribution in [3.8, 4) is 17.2 Å². The molecular weight excluding hydrogens is 372 g/mol. The molecule has 0 heterocycles. The Morgan fingerprint density at radius 2 is 0.867 bits per heavy atom. The summed E-state index contributed by atoms with van der Waals surface area (Å²) in [5.41, 5.74) is 3.63. The maximum Gasteiger partial charge on any atom is 0.115 e. The standard InChI is InChI=1S/C27H24O3/c1-19(20-7-13-24(28)14-8-20)27(21-5-3-2-4-6-21,22-9-15-25(29)16-10-22)23-11-17-26(30)18-12-23/h2-19,28-30H,1H3. The van der Waals surface area contributed by atoms with Crippen molar-refractivity contribution in [2.45, 2.75) is 18.3 Å². The molecule has 0 bridgehead atoms. The molecule has 0 aromatic heterocycles. The van der Waals surface area contributed by atoms with Gasteiger partial charge in [-0.2, -0.15) is 0 Å². The van der Waals surface area contributed by atoms with Crippen LogP contribution in [0.1, 0.15) is 35.1 Å². The molecule has 0 spiro atoms. The summed E-state index contributed by atoms with van der Waals surface area (Å²) >= 11 is 0. The highest BCUT2D eigenvalue weighted by atomic mass is 16.3. The van der Waals surface area contributed by atoms with Crippen molar-refractivity contribution >= 4 is 0 Å². The molecule has 1 unspecified atom stereocenters. The molecule has 0 aliphatic rings. The molecule has 0 saturated heterocycles. The number of aromatic hydroxyl groups is 3. The molecule has 0 aliphatic carbocycles. The average molecular weight is 396 g/mol. The maximum atomic E-state index is 9.93. The van der Waals surface area contributed by atoms with E-state index in [9.17, 15) is 15.3 Å². The van der Waals surface area contributed by atoms with Gasteiger partial charge in [0.1, 0.15) is 17.2 Å². The molecule has 0 fully saturated rings. The van der Waals surface area contributed by atoms with Gasteiger partial charge in [0, 0.05) is 0 Å². The average Bonchev–Trinajstić information content (AvgIpc) is 2.78. The van der Waals surface area contributed by atoms with Gasteiger partial charge in [0.05, 0.1) is 5.41 Å². The van der Waals surface area contributed by atoms with Gasteiger partial charge in [0.25, 0.3) is 0 Å². The summed E-state index contributed by atoms with van der Waals surface area (Å²) in [7, 11) is 0. The molecule has 3 N–H and O–H groups in total. The molecule has 4 rings (SSSR count). The van der Waals surface area contributed by atoms with Crippen molar-refractivity contribution in [3.63, 3.8) is 0 Å². The van der Waals surface area contributed by atoms with Crippen molar-refractivity contribution in [2.24, 2.45) is 0 Å². The van der Waals surface area contributed by atoms with E-state index < -0.39 is 5.41 Å². The first-order valence-electron chi connectivity index (χ1n) is 9.95. The number of rotatable bonds is 5. The second-order valence-corrected chi connectivity index (χ2v) is 7.58. The van der Waals surface area contributed by atoms with Crippen molar-refractivity contribution in [2.75, 3.05) is 0 Å². The van der Waals surface area contributed by atoms with Gasteiger partial charge < -0.3 is 15.3 Å². The first-order chi connectivity index (χ1) is 14.5. The highest BCUT2D eigenvalue weighted by molar-refractivity contribution is 5.55. The van der Waals surface area contributed by atoms with Crippen LogP contribution in [-0.2, 0) is 5.41 Å². The summed E-state index contributed by atoms with van der Waals surface area (Å²) in [6.45, 7) is 2.17. The van der Waals surface area contributed by atoms with Crippen molar-refractivity contribution < 1.29 is 15.3 Å². The van der Waals surface area contributed by atoms with Crippen LogP contribution in [0, 0.1) is 0 Å². The number of hydrogen-bond acceptors (Lipinski definition) is 3. The normalized spacial score (nSPS) is 12.4. The van der Waals surface area contributed by atoms with E-state index in [1.165, 1.54) is 0 Å². The maximum absolute atomic E-state index is 9.93. The van der Waals surface area contributed by atoms with Gasteiger partial charge in [-0.15, -0.1) is 0 Å². The summed E-state index contributed by atoms with van der Waals surface area (Å²) in [5, 5.41) is 29.6. The van der Waals surface area contributed by atoms with Gasteiger partial charge in [0.15, 0.2) is 0 Å². The third-order valence-electron chi connectivity index (χ3n) is 5.92. The molecule has 1 atom stereocenters. The Morgan fingerprint density at radius 3 is 1.30 bits per heavy atom. The Labute approximate surface area is 176 Å². The van der Waals surface area contributed by atoms with Gasteiger partial charge >= 0.3 is 0 Å². The summed E-state index contributed by atoms with van der Waals surface area (Å²) < 4.78 is 0. The van der Waals surface area contributed by atoms with Crippen LogP contribution in [0.2, 0.25) is 0 Å². The molecule has 0 saturated carbocycles. The Bertz CT molecular complexity index is 1050. The second kappa shape index (κ2) is 7.96. The van der Waals surface area contributed by atoms with Gasteiger partial charge in [0.2, 0.25) is 0 Å². The Hall–Kier alpha value is -3.72. The summed E-state index contributed by atoms with van der Waals surface area (Å²) in [6, 6.07) is 32.2. The van der Waals surface area contributed by atoms with Crippen LogP contribution in [0.15, 0.2) is 103 Å². The Kier molecular flexibility index (Phi) is 5.20.